The van der Waals surface area contributed by atoms with E-state index in [4.69, 9.17) is 18.1 Å². The molecule has 0 aliphatic carbocycles. The van der Waals surface area contributed by atoms with Gasteiger partial charge in [0.05, 0.1) is 0 Å². The number of hydrogen-bond acceptors (Lipinski definition) is 4. The maximum atomic E-state index is 10.7. The number of aromatic hydroxyl groups is 1. The van der Waals surface area contributed by atoms with Crippen LogP contribution >= 0.6 is 12.6 Å². The first-order chi connectivity index (χ1) is 10.0. The molecule has 120 valence electrons. The minimum atomic E-state index is -5.84. The highest BCUT2D eigenvalue weighted by atomic mass is 32.2. The lowest BCUT2D eigenvalue weighted by Gasteiger charge is -2.04. The number of phenols is 1. The topological polar surface area (TPSA) is 74.6 Å². The minimum Gasteiger partial charge on any atom is -0.508 e. The van der Waals surface area contributed by atoms with Crippen LogP contribution in [0, 0.1) is 0 Å². The molecule has 0 aliphatic heterocycles. The second-order valence-electron chi connectivity index (χ2n) is 3.98. The van der Waals surface area contributed by atoms with Gasteiger partial charge in [-0.25, -0.2) is 0 Å². The second kappa shape index (κ2) is 7.03. The van der Waals surface area contributed by atoms with E-state index in [0.717, 1.165) is 16.0 Å². The van der Waals surface area contributed by atoms with Crippen molar-refractivity contribution in [3.05, 3.63) is 48.5 Å². The standard InChI is InChI=1S/C12H10OS.CHF3O3S/c13-10-7-5-9(6-8-10)11-3-1-2-4-12(11)14;2-1(3,4)8(5,6)7/h1-8,13-14H;(H,5,6,7). The van der Waals surface area contributed by atoms with Crippen LogP contribution in [0.4, 0.5) is 13.2 Å². The number of rotatable bonds is 1. The smallest absolute Gasteiger partial charge is 0.508 e. The molecular formula is C13H11F3O4S2. The summed E-state index contributed by atoms with van der Waals surface area (Å²) in [6, 6.07) is 15.0. The van der Waals surface area contributed by atoms with Gasteiger partial charge in [0.1, 0.15) is 5.75 Å². The summed E-state index contributed by atoms with van der Waals surface area (Å²) in [5.41, 5.74) is -3.39. The van der Waals surface area contributed by atoms with Crippen LogP contribution in [0.2, 0.25) is 0 Å². The van der Waals surface area contributed by atoms with Gasteiger partial charge in [-0.15, -0.1) is 12.6 Å². The first-order valence-corrected chi connectivity index (χ1v) is 7.52. The summed E-state index contributed by atoms with van der Waals surface area (Å²) in [4.78, 5) is 0.943. The molecule has 0 spiro atoms. The lowest BCUT2D eigenvalue weighted by atomic mass is 10.1. The summed E-state index contributed by atoms with van der Waals surface area (Å²) >= 11 is 4.37. The molecule has 0 bridgehead atoms. The maximum Gasteiger partial charge on any atom is 0.522 e. The zero-order valence-electron chi connectivity index (χ0n) is 10.8. The maximum absolute atomic E-state index is 10.7. The molecule has 9 heteroatoms. The summed E-state index contributed by atoms with van der Waals surface area (Å²) < 4.78 is 57.5. The molecule has 4 nitrogen and oxygen atoms in total. The highest BCUT2D eigenvalue weighted by molar-refractivity contribution is 7.86. The Morgan fingerprint density at radius 3 is 1.82 bits per heavy atom. The number of alkyl halides is 3. The Hall–Kier alpha value is -1.71. The quantitative estimate of drug-likeness (QED) is 0.415. The highest BCUT2D eigenvalue weighted by Gasteiger charge is 2.44. The molecule has 2 N–H and O–H groups in total. The van der Waals surface area contributed by atoms with Crippen LogP contribution in [0.3, 0.4) is 0 Å². The molecule has 0 saturated heterocycles. The molecule has 0 unspecified atom stereocenters. The van der Waals surface area contributed by atoms with E-state index in [-0.39, 0.29) is 5.75 Å². The number of benzene rings is 2. The molecule has 2 aromatic carbocycles. The minimum absolute atomic E-state index is 0.283. The van der Waals surface area contributed by atoms with Gasteiger partial charge < -0.3 is 5.11 Å². The summed E-state index contributed by atoms with van der Waals surface area (Å²) in [6.45, 7) is 0. The molecule has 0 fully saturated rings. The van der Waals surface area contributed by atoms with E-state index in [1.807, 2.05) is 36.4 Å². The van der Waals surface area contributed by atoms with Gasteiger partial charge in [-0.3, -0.25) is 4.55 Å². The molecule has 0 aromatic heterocycles. The Morgan fingerprint density at radius 2 is 1.41 bits per heavy atom. The van der Waals surface area contributed by atoms with E-state index in [1.165, 1.54) is 0 Å². The molecular weight excluding hydrogens is 341 g/mol. The van der Waals surface area contributed by atoms with Gasteiger partial charge in [0.2, 0.25) is 0 Å². The van der Waals surface area contributed by atoms with Crippen molar-refractivity contribution >= 4 is 22.7 Å². The van der Waals surface area contributed by atoms with Gasteiger partial charge in [-0.1, -0.05) is 30.3 Å². The van der Waals surface area contributed by atoms with Crippen LogP contribution in [0.15, 0.2) is 53.4 Å². The summed E-state index contributed by atoms with van der Waals surface area (Å²) in [6.07, 6.45) is 0. The molecule has 0 heterocycles. The lowest BCUT2D eigenvalue weighted by Crippen LogP contribution is -2.21. The van der Waals surface area contributed by atoms with Gasteiger partial charge in [0, 0.05) is 4.90 Å². The van der Waals surface area contributed by atoms with Crippen molar-refractivity contribution in [1.29, 1.82) is 0 Å². The largest absolute Gasteiger partial charge is 0.522 e. The van der Waals surface area contributed by atoms with Crippen molar-refractivity contribution in [2.24, 2.45) is 0 Å². The van der Waals surface area contributed by atoms with Crippen LogP contribution < -0.4 is 0 Å². The van der Waals surface area contributed by atoms with Crippen LogP contribution in [-0.2, 0) is 10.1 Å². The van der Waals surface area contributed by atoms with Crippen LogP contribution in [0.1, 0.15) is 0 Å². The summed E-state index contributed by atoms with van der Waals surface area (Å²) in [5, 5.41) is 9.15. The van der Waals surface area contributed by atoms with E-state index in [1.54, 1.807) is 12.1 Å². The van der Waals surface area contributed by atoms with Crippen LogP contribution in [0.5, 0.6) is 5.75 Å². The third kappa shape index (κ3) is 5.24. The monoisotopic (exact) mass is 352 g/mol. The van der Waals surface area contributed by atoms with E-state index < -0.39 is 15.6 Å². The Morgan fingerprint density at radius 1 is 0.955 bits per heavy atom. The van der Waals surface area contributed by atoms with Crippen molar-refractivity contribution in [2.75, 3.05) is 0 Å². The SMILES string of the molecule is O=S(=O)(O)C(F)(F)F.Oc1ccc(-c2ccccc2S)cc1. The molecule has 0 radical (unpaired) electrons. The second-order valence-corrected chi connectivity index (χ2v) is 5.88. The van der Waals surface area contributed by atoms with Gasteiger partial charge in [-0.2, -0.15) is 21.6 Å². The lowest BCUT2D eigenvalue weighted by molar-refractivity contribution is -0.0510. The fourth-order valence-electron chi connectivity index (χ4n) is 1.36. The predicted molar refractivity (Wildman–Crippen MR) is 78.4 cm³/mol. The van der Waals surface area contributed by atoms with Gasteiger partial charge >= 0.3 is 15.6 Å². The van der Waals surface area contributed by atoms with Crippen LogP contribution in [-0.4, -0.2) is 23.6 Å². The molecule has 22 heavy (non-hydrogen) atoms. The Balaban J connectivity index is 0.000000261. The van der Waals surface area contributed by atoms with E-state index in [0.29, 0.717) is 0 Å². The van der Waals surface area contributed by atoms with Gasteiger partial charge in [0.25, 0.3) is 0 Å². The number of halogens is 3. The van der Waals surface area contributed by atoms with Gasteiger partial charge in [-0.05, 0) is 29.3 Å². The number of thiol groups is 1. The first-order valence-electron chi connectivity index (χ1n) is 5.63. The predicted octanol–water partition coefficient (Wildman–Crippen LogP) is 3.74. The normalized spacial score (nSPS) is 11.5. The molecule has 2 aromatic rings. The highest BCUT2D eigenvalue weighted by Crippen LogP contribution is 2.27. The fraction of sp³-hybridized carbons (Fsp3) is 0.0769. The first kappa shape index (κ1) is 18.3. The van der Waals surface area contributed by atoms with E-state index in [9.17, 15) is 13.2 Å². The third-order valence-corrected chi connectivity index (χ3v) is 3.35. The number of hydrogen-bond donors (Lipinski definition) is 3. The zero-order valence-corrected chi connectivity index (χ0v) is 12.5. The Labute approximate surface area is 130 Å². The Kier molecular flexibility index (Phi) is 5.86. The Bertz CT molecular complexity index is 726. The summed E-state index contributed by atoms with van der Waals surface area (Å²) in [5.74, 6) is 0.283. The zero-order chi connectivity index (χ0) is 17.0. The van der Waals surface area contributed by atoms with Crippen molar-refractivity contribution in [3.63, 3.8) is 0 Å². The third-order valence-electron chi connectivity index (χ3n) is 2.37. The van der Waals surface area contributed by atoms with Crippen molar-refractivity contribution in [1.82, 2.24) is 0 Å². The van der Waals surface area contributed by atoms with E-state index in [2.05, 4.69) is 12.6 Å². The van der Waals surface area contributed by atoms with E-state index >= 15 is 0 Å². The van der Waals surface area contributed by atoms with Crippen molar-refractivity contribution < 1.29 is 31.2 Å². The molecule has 0 amide bonds. The van der Waals surface area contributed by atoms with Crippen molar-refractivity contribution in [2.45, 2.75) is 10.4 Å². The average Bonchev–Trinajstić information content (AvgIpc) is 2.39. The van der Waals surface area contributed by atoms with Gasteiger partial charge in [0.15, 0.2) is 0 Å². The molecule has 2 rings (SSSR count). The molecule has 0 saturated carbocycles. The molecule has 0 atom stereocenters. The van der Waals surface area contributed by atoms with Crippen LogP contribution in [0.25, 0.3) is 11.1 Å². The van der Waals surface area contributed by atoms with Crippen molar-refractivity contribution in [3.8, 4) is 16.9 Å². The fourth-order valence-corrected chi connectivity index (χ4v) is 1.65. The number of phenolic OH excluding ortho intramolecular Hbond substituents is 1. The average molecular weight is 352 g/mol. The molecule has 0 aliphatic rings. The summed E-state index contributed by atoms with van der Waals surface area (Å²) in [7, 11) is -5.84.